The van der Waals surface area contributed by atoms with Crippen molar-refractivity contribution in [1.29, 1.82) is 0 Å². The SMILES string of the molecule is OCCN(Cc1cccc(Cl)c1)c1ncccn1. The number of aliphatic hydroxyl groups excluding tert-OH is 1. The molecule has 0 spiro atoms. The maximum atomic E-state index is 9.11. The minimum atomic E-state index is 0.0544. The Bertz CT molecular complexity index is 493. The van der Waals surface area contributed by atoms with Crippen LogP contribution in [0.15, 0.2) is 42.7 Å². The Labute approximate surface area is 111 Å². The van der Waals surface area contributed by atoms with Crippen LogP contribution in [0.4, 0.5) is 5.95 Å². The summed E-state index contributed by atoms with van der Waals surface area (Å²) in [6, 6.07) is 9.38. The van der Waals surface area contributed by atoms with Crippen LogP contribution in [0.5, 0.6) is 0 Å². The fourth-order valence-electron chi connectivity index (χ4n) is 1.68. The molecule has 0 saturated heterocycles. The second-order valence-corrected chi connectivity index (χ2v) is 4.26. The molecule has 2 aromatic rings. The molecule has 4 nitrogen and oxygen atoms in total. The summed E-state index contributed by atoms with van der Waals surface area (Å²) in [4.78, 5) is 10.3. The van der Waals surface area contributed by atoms with Crippen LogP contribution in [-0.2, 0) is 6.54 Å². The quantitative estimate of drug-likeness (QED) is 0.898. The monoisotopic (exact) mass is 263 g/mol. The van der Waals surface area contributed by atoms with Crippen LogP contribution < -0.4 is 4.90 Å². The highest BCUT2D eigenvalue weighted by Gasteiger charge is 2.09. The standard InChI is InChI=1S/C13H14ClN3O/c14-12-4-1-3-11(9-12)10-17(7-8-18)13-15-5-2-6-16-13/h1-6,9,18H,7-8,10H2. The number of nitrogens with zero attached hydrogens (tertiary/aromatic N) is 3. The molecule has 5 heteroatoms. The first kappa shape index (κ1) is 12.8. The van der Waals surface area contributed by atoms with Gasteiger partial charge in [-0.2, -0.15) is 0 Å². The van der Waals surface area contributed by atoms with Gasteiger partial charge in [0.1, 0.15) is 0 Å². The molecule has 0 atom stereocenters. The molecule has 0 unspecified atom stereocenters. The van der Waals surface area contributed by atoms with Crippen molar-refractivity contribution in [3.63, 3.8) is 0 Å². The highest BCUT2D eigenvalue weighted by atomic mass is 35.5. The number of benzene rings is 1. The van der Waals surface area contributed by atoms with Crippen molar-refractivity contribution < 1.29 is 5.11 Å². The molecule has 1 aromatic carbocycles. The Kier molecular flexibility index (Phi) is 4.50. The van der Waals surface area contributed by atoms with Gasteiger partial charge in [0.2, 0.25) is 5.95 Å². The van der Waals surface area contributed by atoms with E-state index in [-0.39, 0.29) is 6.61 Å². The van der Waals surface area contributed by atoms with Crippen LogP contribution >= 0.6 is 11.6 Å². The molecule has 1 N–H and O–H groups in total. The average molecular weight is 264 g/mol. The third-order valence-corrected chi connectivity index (χ3v) is 2.70. The summed E-state index contributed by atoms with van der Waals surface area (Å²) in [7, 11) is 0. The normalized spacial score (nSPS) is 10.3. The van der Waals surface area contributed by atoms with Crippen molar-refractivity contribution in [2.24, 2.45) is 0 Å². The number of hydrogen-bond donors (Lipinski definition) is 1. The number of aromatic nitrogens is 2. The summed E-state index contributed by atoms with van der Waals surface area (Å²) in [5.74, 6) is 0.603. The molecule has 0 bridgehead atoms. The number of hydrogen-bond acceptors (Lipinski definition) is 4. The summed E-state index contributed by atoms with van der Waals surface area (Å²) in [6.45, 7) is 1.15. The molecule has 18 heavy (non-hydrogen) atoms. The second-order valence-electron chi connectivity index (χ2n) is 3.82. The lowest BCUT2D eigenvalue weighted by Gasteiger charge is -2.21. The van der Waals surface area contributed by atoms with Gasteiger partial charge in [0.15, 0.2) is 0 Å². The topological polar surface area (TPSA) is 49.2 Å². The van der Waals surface area contributed by atoms with Gasteiger partial charge < -0.3 is 10.0 Å². The summed E-state index contributed by atoms with van der Waals surface area (Å²) in [5, 5.41) is 9.81. The van der Waals surface area contributed by atoms with E-state index in [9.17, 15) is 0 Å². The largest absolute Gasteiger partial charge is 0.395 e. The number of anilines is 1. The Morgan fingerprint density at radius 2 is 1.94 bits per heavy atom. The van der Waals surface area contributed by atoms with Crippen LogP contribution in [0.1, 0.15) is 5.56 Å². The van der Waals surface area contributed by atoms with E-state index >= 15 is 0 Å². The Hall–Kier alpha value is -1.65. The molecule has 0 amide bonds. The first-order valence-corrected chi connectivity index (χ1v) is 6.04. The van der Waals surface area contributed by atoms with E-state index in [0.717, 1.165) is 5.56 Å². The molecule has 0 aliphatic rings. The van der Waals surface area contributed by atoms with Gasteiger partial charge in [-0.15, -0.1) is 0 Å². The van der Waals surface area contributed by atoms with Gasteiger partial charge in [0.05, 0.1) is 6.61 Å². The zero-order chi connectivity index (χ0) is 12.8. The first-order valence-electron chi connectivity index (χ1n) is 5.67. The number of aliphatic hydroxyl groups is 1. The first-order chi connectivity index (χ1) is 8.79. The van der Waals surface area contributed by atoms with Crippen LogP contribution in [0.3, 0.4) is 0 Å². The van der Waals surface area contributed by atoms with Gasteiger partial charge in [-0.3, -0.25) is 0 Å². The predicted octanol–water partition coefficient (Wildman–Crippen LogP) is 2.13. The van der Waals surface area contributed by atoms with Gasteiger partial charge in [-0.05, 0) is 23.8 Å². The minimum Gasteiger partial charge on any atom is -0.395 e. The van der Waals surface area contributed by atoms with Gasteiger partial charge in [0.25, 0.3) is 0 Å². The Balaban J connectivity index is 2.16. The highest BCUT2D eigenvalue weighted by molar-refractivity contribution is 6.30. The third kappa shape index (κ3) is 3.42. The van der Waals surface area contributed by atoms with Crippen molar-refractivity contribution >= 4 is 17.5 Å². The summed E-state index contributed by atoms with van der Waals surface area (Å²) >= 11 is 5.95. The fraction of sp³-hybridized carbons (Fsp3) is 0.231. The van der Waals surface area contributed by atoms with E-state index in [0.29, 0.717) is 24.1 Å². The van der Waals surface area contributed by atoms with Crippen LogP contribution in [0.2, 0.25) is 5.02 Å². The van der Waals surface area contributed by atoms with Gasteiger partial charge in [-0.1, -0.05) is 23.7 Å². The maximum absolute atomic E-state index is 9.11. The van der Waals surface area contributed by atoms with Crippen LogP contribution in [0, 0.1) is 0 Å². The van der Waals surface area contributed by atoms with Gasteiger partial charge >= 0.3 is 0 Å². The van der Waals surface area contributed by atoms with E-state index in [2.05, 4.69) is 9.97 Å². The van der Waals surface area contributed by atoms with Crippen LogP contribution in [-0.4, -0.2) is 28.2 Å². The molecule has 1 heterocycles. The summed E-state index contributed by atoms with van der Waals surface area (Å²) in [5.41, 5.74) is 1.06. The Morgan fingerprint density at radius 3 is 2.61 bits per heavy atom. The molecule has 0 aliphatic carbocycles. The molecular weight excluding hydrogens is 250 g/mol. The molecule has 0 saturated carbocycles. The summed E-state index contributed by atoms with van der Waals surface area (Å²) in [6.07, 6.45) is 3.37. The van der Waals surface area contributed by atoms with Crippen molar-refractivity contribution in [2.45, 2.75) is 6.54 Å². The van der Waals surface area contributed by atoms with E-state index in [1.54, 1.807) is 18.5 Å². The average Bonchev–Trinajstić information content (AvgIpc) is 2.39. The number of rotatable bonds is 5. The van der Waals surface area contributed by atoms with Gasteiger partial charge in [-0.25, -0.2) is 9.97 Å². The van der Waals surface area contributed by atoms with Crippen molar-refractivity contribution in [2.75, 3.05) is 18.1 Å². The van der Waals surface area contributed by atoms with Crippen molar-refractivity contribution in [3.8, 4) is 0 Å². The zero-order valence-corrected chi connectivity index (χ0v) is 10.6. The molecule has 2 rings (SSSR count). The summed E-state index contributed by atoms with van der Waals surface area (Å²) < 4.78 is 0. The lowest BCUT2D eigenvalue weighted by molar-refractivity contribution is 0.300. The number of halogens is 1. The second kappa shape index (κ2) is 6.33. The highest BCUT2D eigenvalue weighted by Crippen LogP contribution is 2.15. The van der Waals surface area contributed by atoms with E-state index in [1.807, 2.05) is 29.2 Å². The van der Waals surface area contributed by atoms with E-state index in [1.165, 1.54) is 0 Å². The zero-order valence-electron chi connectivity index (χ0n) is 9.83. The van der Waals surface area contributed by atoms with Gasteiger partial charge in [0, 0.05) is 30.5 Å². The fourth-order valence-corrected chi connectivity index (χ4v) is 1.89. The molecule has 0 fully saturated rings. The predicted molar refractivity (Wildman–Crippen MR) is 71.6 cm³/mol. The molecular formula is C13H14ClN3O. The van der Waals surface area contributed by atoms with Crippen molar-refractivity contribution in [1.82, 2.24) is 9.97 Å². The molecule has 1 aromatic heterocycles. The smallest absolute Gasteiger partial charge is 0.225 e. The molecule has 0 aliphatic heterocycles. The lowest BCUT2D eigenvalue weighted by Crippen LogP contribution is -2.27. The van der Waals surface area contributed by atoms with E-state index < -0.39 is 0 Å². The van der Waals surface area contributed by atoms with Crippen molar-refractivity contribution in [3.05, 3.63) is 53.3 Å². The Morgan fingerprint density at radius 1 is 1.17 bits per heavy atom. The maximum Gasteiger partial charge on any atom is 0.225 e. The van der Waals surface area contributed by atoms with E-state index in [4.69, 9.17) is 16.7 Å². The lowest BCUT2D eigenvalue weighted by atomic mass is 10.2. The molecule has 0 radical (unpaired) electrons. The minimum absolute atomic E-state index is 0.0544. The van der Waals surface area contributed by atoms with Crippen LogP contribution in [0.25, 0.3) is 0 Å². The molecule has 94 valence electrons. The third-order valence-electron chi connectivity index (χ3n) is 2.47.